The van der Waals surface area contributed by atoms with Crippen molar-refractivity contribution in [1.29, 1.82) is 0 Å². The molecule has 2 aromatic rings. The van der Waals surface area contributed by atoms with Gasteiger partial charge in [-0.2, -0.15) is 8.78 Å². The van der Waals surface area contributed by atoms with Crippen molar-refractivity contribution >= 4 is 0 Å². The molecule has 0 aliphatic heterocycles. The largest absolute Gasteiger partial charge is 0.432 e. The van der Waals surface area contributed by atoms with Crippen LogP contribution in [0.5, 0.6) is 5.75 Å². The lowest BCUT2D eigenvalue weighted by atomic mass is 10.0. The number of ether oxygens (including phenoxy) is 2. The Morgan fingerprint density at radius 2 is 1.41 bits per heavy atom. The summed E-state index contributed by atoms with van der Waals surface area (Å²) in [6.07, 6.45) is -3.41. The van der Waals surface area contributed by atoms with Gasteiger partial charge in [-0.25, -0.2) is 22.0 Å². The van der Waals surface area contributed by atoms with Crippen LogP contribution in [-0.2, 0) is 10.8 Å². The predicted octanol–water partition coefficient (Wildman–Crippen LogP) is 6.78. The molecule has 0 spiro atoms. The van der Waals surface area contributed by atoms with Crippen LogP contribution in [0.4, 0.5) is 30.7 Å². The monoisotopic (exact) mass is 424 g/mol. The maximum atomic E-state index is 14.4. The molecule has 0 fully saturated rings. The molecule has 0 saturated carbocycles. The molecular formula is C20H19F7O2. The first-order valence-corrected chi connectivity index (χ1v) is 8.93. The molecular weight excluding hydrogens is 405 g/mol. The fraction of sp³-hybridized carbons (Fsp3) is 0.400. The molecule has 0 saturated heterocycles. The van der Waals surface area contributed by atoms with Crippen molar-refractivity contribution in [2.24, 2.45) is 0 Å². The smallest absolute Gasteiger partial charge is 0.429 e. The number of halogens is 7. The first-order valence-electron chi connectivity index (χ1n) is 8.93. The van der Waals surface area contributed by atoms with Gasteiger partial charge in [0, 0.05) is 18.7 Å². The van der Waals surface area contributed by atoms with Crippen molar-refractivity contribution in [3.8, 4) is 5.75 Å². The van der Waals surface area contributed by atoms with E-state index in [-0.39, 0.29) is 17.7 Å². The zero-order valence-electron chi connectivity index (χ0n) is 15.7. The van der Waals surface area contributed by atoms with Gasteiger partial charge < -0.3 is 9.47 Å². The fourth-order valence-corrected chi connectivity index (χ4v) is 2.67. The molecule has 0 aromatic heterocycles. The standard InChI is InChI=1S/C20H19F7O2/c1-3-5-6-28-17(4-2)11-7-13(21)18(14(22)8-11)20(26,27)29-12-9-15(23)19(25)16(24)10-12/h7-10,17H,3-6H2,1-2H3. The van der Waals surface area contributed by atoms with Crippen LogP contribution in [0.15, 0.2) is 24.3 Å². The number of benzene rings is 2. The van der Waals surface area contributed by atoms with Gasteiger partial charge in [0.05, 0.1) is 6.10 Å². The van der Waals surface area contributed by atoms with Crippen LogP contribution >= 0.6 is 0 Å². The summed E-state index contributed by atoms with van der Waals surface area (Å²) in [5, 5.41) is 0. The van der Waals surface area contributed by atoms with Gasteiger partial charge in [-0.05, 0) is 30.5 Å². The summed E-state index contributed by atoms with van der Waals surface area (Å²) in [6.45, 7) is 3.97. The molecule has 0 N–H and O–H groups in total. The zero-order chi connectivity index (χ0) is 21.8. The first-order chi connectivity index (χ1) is 13.6. The van der Waals surface area contributed by atoms with E-state index < -0.39 is 52.6 Å². The molecule has 1 atom stereocenters. The third-order valence-electron chi connectivity index (χ3n) is 4.12. The number of rotatable bonds is 9. The van der Waals surface area contributed by atoms with E-state index in [1.807, 2.05) is 6.92 Å². The molecule has 0 aliphatic rings. The van der Waals surface area contributed by atoms with Gasteiger partial charge in [0.2, 0.25) is 0 Å². The van der Waals surface area contributed by atoms with E-state index in [9.17, 15) is 30.7 Å². The van der Waals surface area contributed by atoms with Gasteiger partial charge in [-0.15, -0.1) is 0 Å². The molecule has 0 amide bonds. The third-order valence-corrected chi connectivity index (χ3v) is 4.12. The summed E-state index contributed by atoms with van der Waals surface area (Å²) in [4.78, 5) is 0. The van der Waals surface area contributed by atoms with Crippen LogP contribution < -0.4 is 4.74 Å². The van der Waals surface area contributed by atoms with E-state index in [2.05, 4.69) is 4.74 Å². The lowest BCUT2D eigenvalue weighted by Crippen LogP contribution is -2.26. The minimum Gasteiger partial charge on any atom is -0.429 e. The molecule has 9 heteroatoms. The van der Waals surface area contributed by atoms with Gasteiger partial charge in [0.15, 0.2) is 17.5 Å². The van der Waals surface area contributed by atoms with E-state index in [1.54, 1.807) is 6.92 Å². The van der Waals surface area contributed by atoms with Crippen LogP contribution in [0.25, 0.3) is 0 Å². The Morgan fingerprint density at radius 1 is 0.862 bits per heavy atom. The van der Waals surface area contributed by atoms with E-state index >= 15 is 0 Å². The molecule has 2 nitrogen and oxygen atoms in total. The van der Waals surface area contributed by atoms with Crippen LogP contribution in [0.1, 0.15) is 50.3 Å². The van der Waals surface area contributed by atoms with Gasteiger partial charge in [-0.3, -0.25) is 0 Å². The fourth-order valence-electron chi connectivity index (χ4n) is 2.67. The molecule has 160 valence electrons. The number of alkyl halides is 2. The number of hydrogen-bond donors (Lipinski definition) is 0. The average Bonchev–Trinajstić information content (AvgIpc) is 2.62. The first kappa shape index (κ1) is 23.0. The van der Waals surface area contributed by atoms with E-state index in [0.717, 1.165) is 12.8 Å². The summed E-state index contributed by atoms with van der Waals surface area (Å²) in [7, 11) is 0. The van der Waals surface area contributed by atoms with Gasteiger partial charge >= 0.3 is 6.11 Å². The topological polar surface area (TPSA) is 18.5 Å². The maximum absolute atomic E-state index is 14.4. The molecule has 1 unspecified atom stereocenters. The lowest BCUT2D eigenvalue weighted by molar-refractivity contribution is -0.189. The highest BCUT2D eigenvalue weighted by Gasteiger charge is 2.41. The second-order valence-corrected chi connectivity index (χ2v) is 6.30. The van der Waals surface area contributed by atoms with Crippen LogP contribution in [-0.4, -0.2) is 6.61 Å². The Labute approximate surface area is 163 Å². The van der Waals surface area contributed by atoms with E-state index in [0.29, 0.717) is 25.2 Å². The van der Waals surface area contributed by atoms with E-state index in [1.165, 1.54) is 0 Å². The highest BCUT2D eigenvalue weighted by Crippen LogP contribution is 2.37. The molecule has 0 heterocycles. The Balaban J connectivity index is 2.33. The van der Waals surface area contributed by atoms with Gasteiger partial charge in [0.1, 0.15) is 22.9 Å². The Bertz CT molecular complexity index is 809. The van der Waals surface area contributed by atoms with Crippen molar-refractivity contribution in [1.82, 2.24) is 0 Å². The molecule has 2 aromatic carbocycles. The summed E-state index contributed by atoms with van der Waals surface area (Å²) in [5.74, 6) is -9.85. The minimum atomic E-state index is -4.62. The van der Waals surface area contributed by atoms with Gasteiger partial charge in [-0.1, -0.05) is 20.3 Å². The normalized spacial score (nSPS) is 12.9. The quantitative estimate of drug-likeness (QED) is 0.251. The zero-order valence-corrected chi connectivity index (χ0v) is 15.7. The van der Waals surface area contributed by atoms with E-state index in [4.69, 9.17) is 4.74 Å². The summed E-state index contributed by atoms with van der Waals surface area (Å²) >= 11 is 0. The maximum Gasteiger partial charge on any atom is 0.432 e. The van der Waals surface area contributed by atoms with Crippen molar-refractivity contribution in [2.45, 2.75) is 45.3 Å². The SMILES string of the molecule is CCCCOC(CC)c1cc(F)c(C(F)(F)Oc2cc(F)c(F)c(F)c2)c(F)c1. The minimum absolute atomic E-state index is 0.0250. The summed E-state index contributed by atoms with van der Waals surface area (Å²) in [6, 6.07) is 1.68. The summed E-state index contributed by atoms with van der Waals surface area (Å²) < 4.78 is 106. The highest BCUT2D eigenvalue weighted by atomic mass is 19.3. The molecule has 0 radical (unpaired) electrons. The molecule has 0 aliphatic carbocycles. The van der Waals surface area contributed by atoms with Crippen molar-refractivity contribution < 1.29 is 40.2 Å². The van der Waals surface area contributed by atoms with Gasteiger partial charge in [0.25, 0.3) is 0 Å². The summed E-state index contributed by atoms with van der Waals surface area (Å²) in [5.41, 5.74) is -1.72. The Kier molecular flexibility index (Phi) is 7.51. The Morgan fingerprint density at radius 3 is 1.90 bits per heavy atom. The number of hydrogen-bond acceptors (Lipinski definition) is 2. The van der Waals surface area contributed by atoms with Crippen molar-refractivity contribution in [3.63, 3.8) is 0 Å². The van der Waals surface area contributed by atoms with Crippen LogP contribution in [0.2, 0.25) is 0 Å². The molecule has 2 rings (SSSR count). The highest BCUT2D eigenvalue weighted by molar-refractivity contribution is 5.32. The lowest BCUT2D eigenvalue weighted by Gasteiger charge is -2.22. The number of unbranched alkanes of at least 4 members (excludes halogenated alkanes) is 1. The predicted molar refractivity (Wildman–Crippen MR) is 91.1 cm³/mol. The average molecular weight is 424 g/mol. The second-order valence-electron chi connectivity index (χ2n) is 6.30. The van der Waals surface area contributed by atoms with Crippen LogP contribution in [0.3, 0.4) is 0 Å². The third kappa shape index (κ3) is 5.41. The van der Waals surface area contributed by atoms with Crippen LogP contribution in [0, 0.1) is 29.1 Å². The Hall–Kier alpha value is -2.29. The molecule has 29 heavy (non-hydrogen) atoms. The molecule has 0 bridgehead atoms. The van der Waals surface area contributed by atoms with Crippen molar-refractivity contribution in [2.75, 3.05) is 6.61 Å². The van der Waals surface area contributed by atoms with Crippen molar-refractivity contribution in [3.05, 3.63) is 64.5 Å². The second kappa shape index (κ2) is 9.47.